The predicted molar refractivity (Wildman–Crippen MR) is 94.7 cm³/mol. The smallest absolute Gasteiger partial charge is 0.325 e. The Morgan fingerprint density at radius 3 is 2.62 bits per heavy atom. The van der Waals surface area contributed by atoms with Crippen LogP contribution in [0.5, 0.6) is 5.75 Å². The highest BCUT2D eigenvalue weighted by atomic mass is 16.5. The van der Waals surface area contributed by atoms with Crippen molar-refractivity contribution in [2.45, 2.75) is 18.9 Å². The lowest BCUT2D eigenvalue weighted by molar-refractivity contribution is -0.138. The van der Waals surface area contributed by atoms with Gasteiger partial charge in [-0.15, -0.1) is 0 Å². The van der Waals surface area contributed by atoms with Crippen LogP contribution in [-0.2, 0) is 15.1 Å². The van der Waals surface area contributed by atoms with E-state index in [1.54, 1.807) is 43.2 Å². The normalized spacial score (nSPS) is 23.6. The summed E-state index contributed by atoms with van der Waals surface area (Å²) in [5.74, 6) is 0.0288. The van der Waals surface area contributed by atoms with E-state index in [0.717, 1.165) is 24.4 Å². The highest BCUT2D eigenvalue weighted by molar-refractivity contribution is 6.09. The topological polar surface area (TPSA) is 91.0 Å². The van der Waals surface area contributed by atoms with Gasteiger partial charge in [0, 0.05) is 19.6 Å². The fourth-order valence-corrected chi connectivity index (χ4v) is 3.29. The zero-order valence-electron chi connectivity index (χ0n) is 15.1. The first-order chi connectivity index (χ1) is 12.5. The van der Waals surface area contributed by atoms with Gasteiger partial charge in [0.1, 0.15) is 17.8 Å². The molecule has 1 aromatic rings. The lowest BCUT2D eigenvalue weighted by atomic mass is 9.92. The summed E-state index contributed by atoms with van der Waals surface area (Å²) in [5, 5.41) is 5.94. The number of carbonyl (C=O) groups is 3. The molecule has 4 amide bonds. The van der Waals surface area contributed by atoms with Crippen molar-refractivity contribution >= 4 is 17.8 Å². The Bertz CT molecular complexity index is 698. The number of imide groups is 1. The first-order valence-corrected chi connectivity index (χ1v) is 8.73. The molecule has 0 spiro atoms. The average Bonchev–Trinajstić information content (AvgIpc) is 2.86. The van der Waals surface area contributed by atoms with Gasteiger partial charge in [-0.3, -0.25) is 14.5 Å². The van der Waals surface area contributed by atoms with Crippen molar-refractivity contribution in [3.8, 4) is 5.75 Å². The van der Waals surface area contributed by atoms with Gasteiger partial charge in [0.15, 0.2) is 0 Å². The summed E-state index contributed by atoms with van der Waals surface area (Å²) in [6, 6.07) is 6.40. The number of hydrogen-bond donors (Lipinski definition) is 2. The molecular formula is C18H24N4O4. The van der Waals surface area contributed by atoms with Crippen LogP contribution >= 0.6 is 0 Å². The van der Waals surface area contributed by atoms with Crippen LogP contribution in [0.2, 0.25) is 0 Å². The minimum Gasteiger partial charge on any atom is -0.497 e. The minimum atomic E-state index is -1.19. The standard InChI is InChI=1S/C18H24N4O4/c1-18(13-4-6-14(26-2)7-5-13)16(24)22(17(25)20-18)12-15(23)21-10-3-8-19-9-11-21/h4-7,19H,3,8-12H2,1-2H3,(H,20,25). The molecule has 0 aliphatic carbocycles. The van der Waals surface area contributed by atoms with Gasteiger partial charge in [0.2, 0.25) is 5.91 Å². The number of carbonyl (C=O) groups excluding carboxylic acids is 3. The van der Waals surface area contributed by atoms with Crippen molar-refractivity contribution in [3.05, 3.63) is 29.8 Å². The van der Waals surface area contributed by atoms with E-state index in [2.05, 4.69) is 10.6 Å². The number of nitrogens with zero attached hydrogens (tertiary/aromatic N) is 2. The van der Waals surface area contributed by atoms with E-state index in [-0.39, 0.29) is 12.5 Å². The van der Waals surface area contributed by atoms with Crippen molar-refractivity contribution < 1.29 is 19.1 Å². The number of rotatable bonds is 4. The second-order valence-corrected chi connectivity index (χ2v) is 6.66. The summed E-state index contributed by atoms with van der Waals surface area (Å²) in [5.41, 5.74) is -0.546. The summed E-state index contributed by atoms with van der Waals surface area (Å²) in [6.45, 7) is 4.20. The Balaban J connectivity index is 1.74. The summed E-state index contributed by atoms with van der Waals surface area (Å²) >= 11 is 0. The van der Waals surface area contributed by atoms with Gasteiger partial charge in [0.25, 0.3) is 5.91 Å². The maximum absolute atomic E-state index is 12.9. The minimum absolute atomic E-state index is 0.212. The molecule has 0 bridgehead atoms. The highest BCUT2D eigenvalue weighted by Gasteiger charge is 2.49. The maximum atomic E-state index is 12.9. The fraction of sp³-hybridized carbons (Fsp3) is 0.500. The zero-order valence-corrected chi connectivity index (χ0v) is 15.1. The van der Waals surface area contributed by atoms with Crippen LogP contribution in [0, 0.1) is 0 Å². The molecule has 8 nitrogen and oxygen atoms in total. The third-order valence-corrected chi connectivity index (χ3v) is 4.93. The zero-order chi connectivity index (χ0) is 18.7. The van der Waals surface area contributed by atoms with Gasteiger partial charge < -0.3 is 20.3 Å². The molecule has 140 valence electrons. The molecule has 2 aliphatic rings. The van der Waals surface area contributed by atoms with E-state index in [4.69, 9.17) is 4.74 Å². The van der Waals surface area contributed by atoms with Crippen LogP contribution in [-0.4, -0.2) is 67.5 Å². The van der Waals surface area contributed by atoms with Crippen molar-refractivity contribution in [2.24, 2.45) is 0 Å². The highest BCUT2D eigenvalue weighted by Crippen LogP contribution is 2.30. The van der Waals surface area contributed by atoms with Crippen LogP contribution in [0.1, 0.15) is 18.9 Å². The van der Waals surface area contributed by atoms with Crippen LogP contribution in [0.25, 0.3) is 0 Å². The Morgan fingerprint density at radius 1 is 1.19 bits per heavy atom. The van der Waals surface area contributed by atoms with Gasteiger partial charge in [-0.1, -0.05) is 12.1 Å². The largest absolute Gasteiger partial charge is 0.497 e. The van der Waals surface area contributed by atoms with Crippen molar-refractivity contribution in [3.63, 3.8) is 0 Å². The predicted octanol–water partition coefficient (Wildman–Crippen LogP) is 0.284. The molecule has 2 heterocycles. The Kier molecular flexibility index (Phi) is 5.13. The number of methoxy groups -OCH3 is 1. The third kappa shape index (κ3) is 3.37. The summed E-state index contributed by atoms with van der Waals surface area (Å²) in [7, 11) is 1.56. The van der Waals surface area contributed by atoms with E-state index in [0.29, 0.717) is 24.4 Å². The maximum Gasteiger partial charge on any atom is 0.325 e. The van der Waals surface area contributed by atoms with Crippen molar-refractivity contribution in [1.29, 1.82) is 0 Å². The number of urea groups is 1. The molecule has 26 heavy (non-hydrogen) atoms. The second kappa shape index (κ2) is 7.33. The summed E-state index contributed by atoms with van der Waals surface area (Å²) < 4.78 is 5.13. The lowest BCUT2D eigenvalue weighted by Crippen LogP contribution is -2.45. The van der Waals surface area contributed by atoms with Crippen LogP contribution in [0.15, 0.2) is 24.3 Å². The molecule has 2 saturated heterocycles. The molecule has 0 radical (unpaired) electrons. The van der Waals surface area contributed by atoms with E-state index >= 15 is 0 Å². The van der Waals surface area contributed by atoms with Crippen LogP contribution in [0.4, 0.5) is 4.79 Å². The summed E-state index contributed by atoms with van der Waals surface area (Å²) in [6.07, 6.45) is 0.857. The first kappa shape index (κ1) is 18.2. The van der Waals surface area contributed by atoms with E-state index in [1.807, 2.05) is 0 Å². The third-order valence-electron chi connectivity index (χ3n) is 4.93. The number of ether oxygens (including phenoxy) is 1. The van der Waals surface area contributed by atoms with E-state index in [9.17, 15) is 14.4 Å². The summed E-state index contributed by atoms with van der Waals surface area (Å²) in [4.78, 5) is 40.5. The Labute approximate surface area is 152 Å². The Hall–Kier alpha value is -2.61. The fourth-order valence-electron chi connectivity index (χ4n) is 3.29. The van der Waals surface area contributed by atoms with E-state index < -0.39 is 17.5 Å². The molecule has 0 saturated carbocycles. The molecular weight excluding hydrogens is 336 g/mol. The molecule has 2 fully saturated rings. The number of hydrogen-bond acceptors (Lipinski definition) is 5. The molecule has 2 N–H and O–H groups in total. The van der Waals surface area contributed by atoms with Gasteiger partial charge in [-0.05, 0) is 37.6 Å². The molecule has 1 unspecified atom stereocenters. The van der Waals surface area contributed by atoms with Crippen LogP contribution in [0.3, 0.4) is 0 Å². The van der Waals surface area contributed by atoms with Gasteiger partial charge in [-0.2, -0.15) is 0 Å². The molecule has 0 aromatic heterocycles. The van der Waals surface area contributed by atoms with Crippen molar-refractivity contribution in [2.75, 3.05) is 39.8 Å². The van der Waals surface area contributed by atoms with Gasteiger partial charge in [-0.25, -0.2) is 4.79 Å². The average molecular weight is 360 g/mol. The second-order valence-electron chi connectivity index (χ2n) is 6.66. The monoisotopic (exact) mass is 360 g/mol. The number of amides is 4. The first-order valence-electron chi connectivity index (χ1n) is 8.73. The van der Waals surface area contributed by atoms with Gasteiger partial charge in [0.05, 0.1) is 7.11 Å². The molecule has 1 atom stereocenters. The molecule has 2 aliphatic heterocycles. The number of nitrogens with one attached hydrogen (secondary N) is 2. The lowest BCUT2D eigenvalue weighted by Gasteiger charge is -2.24. The molecule has 3 rings (SSSR count). The Morgan fingerprint density at radius 2 is 1.92 bits per heavy atom. The number of benzene rings is 1. The van der Waals surface area contributed by atoms with E-state index in [1.165, 1.54) is 0 Å². The van der Waals surface area contributed by atoms with Crippen molar-refractivity contribution in [1.82, 2.24) is 20.4 Å². The van der Waals surface area contributed by atoms with Crippen LogP contribution < -0.4 is 15.4 Å². The van der Waals surface area contributed by atoms with Gasteiger partial charge >= 0.3 is 6.03 Å². The molecule has 8 heteroatoms. The SMILES string of the molecule is COc1ccc(C2(C)NC(=O)N(CC(=O)N3CCCNCC3)C2=O)cc1. The quantitative estimate of drug-likeness (QED) is 0.753. The molecule has 1 aromatic carbocycles.